The number of sulfonamides is 1. The molecule has 2 rings (SSSR count). The zero-order valence-electron chi connectivity index (χ0n) is 9.05. The number of aromatic amines is 1. The van der Waals surface area contributed by atoms with Crippen molar-refractivity contribution in [1.29, 1.82) is 0 Å². The van der Waals surface area contributed by atoms with Crippen molar-refractivity contribution in [1.82, 2.24) is 14.9 Å². The molecule has 0 saturated heterocycles. The van der Waals surface area contributed by atoms with Crippen molar-refractivity contribution in [2.45, 2.75) is 6.54 Å². The van der Waals surface area contributed by atoms with Crippen molar-refractivity contribution in [3.8, 4) is 0 Å². The minimum Gasteiger partial charge on any atom is -0.278 e. The Kier molecular flexibility index (Phi) is 3.70. The van der Waals surface area contributed by atoms with E-state index in [4.69, 9.17) is 0 Å². The maximum Gasteiger partial charge on any atom is 0.212 e. The molecular weight excluding hydrogens is 258 g/mol. The van der Waals surface area contributed by atoms with Gasteiger partial charge in [0.15, 0.2) is 0 Å². The first-order valence-electron chi connectivity index (χ1n) is 5.11. The van der Waals surface area contributed by atoms with Crippen LogP contribution in [0.15, 0.2) is 24.4 Å². The fraction of sp³-hybridized carbons (Fsp3) is 0.300. The molecule has 7 heteroatoms. The standard InChI is InChI=1S/C10H13N3O2S2/c14-17(15,4-3-16)12-6-8-1-2-10-9(5-8)7-11-13-10/h1-2,5,7,12,16H,3-4,6H2,(H,11,13). The van der Waals surface area contributed by atoms with Crippen LogP contribution in [-0.2, 0) is 16.6 Å². The van der Waals surface area contributed by atoms with Crippen LogP contribution in [0.2, 0.25) is 0 Å². The van der Waals surface area contributed by atoms with Crippen LogP contribution in [0.1, 0.15) is 5.56 Å². The van der Waals surface area contributed by atoms with Gasteiger partial charge in [-0.25, -0.2) is 13.1 Å². The normalized spacial score (nSPS) is 12.1. The highest BCUT2D eigenvalue weighted by atomic mass is 32.2. The van der Waals surface area contributed by atoms with Crippen molar-refractivity contribution < 1.29 is 8.42 Å². The molecule has 0 unspecified atom stereocenters. The third-order valence-electron chi connectivity index (χ3n) is 2.36. The molecule has 92 valence electrons. The molecule has 0 saturated carbocycles. The fourth-order valence-electron chi connectivity index (χ4n) is 1.49. The van der Waals surface area contributed by atoms with E-state index in [9.17, 15) is 8.42 Å². The summed E-state index contributed by atoms with van der Waals surface area (Å²) >= 11 is 3.90. The van der Waals surface area contributed by atoms with Gasteiger partial charge in [-0.2, -0.15) is 17.7 Å². The molecule has 0 aliphatic carbocycles. The maximum atomic E-state index is 11.4. The van der Waals surface area contributed by atoms with Crippen LogP contribution in [0.3, 0.4) is 0 Å². The fourth-order valence-corrected chi connectivity index (χ4v) is 2.98. The summed E-state index contributed by atoms with van der Waals surface area (Å²) in [5.74, 6) is 0.347. The van der Waals surface area contributed by atoms with E-state index in [0.29, 0.717) is 5.75 Å². The second-order valence-corrected chi connectivity index (χ2v) is 6.03. The van der Waals surface area contributed by atoms with E-state index >= 15 is 0 Å². The van der Waals surface area contributed by atoms with Crippen molar-refractivity contribution in [2.75, 3.05) is 11.5 Å². The average molecular weight is 271 g/mol. The molecule has 0 amide bonds. The third-order valence-corrected chi connectivity index (χ3v) is 4.21. The van der Waals surface area contributed by atoms with Gasteiger partial charge < -0.3 is 0 Å². The Hall–Kier alpha value is -1.05. The first kappa shape index (κ1) is 12.4. The first-order chi connectivity index (χ1) is 8.11. The molecule has 5 nitrogen and oxygen atoms in total. The Morgan fingerprint density at radius 1 is 1.41 bits per heavy atom. The van der Waals surface area contributed by atoms with Crippen molar-refractivity contribution in [3.05, 3.63) is 30.0 Å². The number of nitrogens with zero attached hydrogens (tertiary/aromatic N) is 1. The minimum absolute atomic E-state index is 0.0318. The smallest absolute Gasteiger partial charge is 0.212 e. The Morgan fingerprint density at radius 2 is 2.24 bits per heavy atom. The van der Waals surface area contributed by atoms with Crippen molar-refractivity contribution >= 4 is 33.6 Å². The monoisotopic (exact) mass is 271 g/mol. The predicted molar refractivity (Wildman–Crippen MR) is 70.6 cm³/mol. The molecule has 1 aromatic carbocycles. The van der Waals surface area contributed by atoms with E-state index in [0.717, 1.165) is 16.5 Å². The minimum atomic E-state index is -3.22. The SMILES string of the molecule is O=S(=O)(CCS)NCc1ccc2[nH]ncc2c1. The Labute approximate surface area is 105 Å². The number of thiol groups is 1. The van der Waals surface area contributed by atoms with Gasteiger partial charge in [0.05, 0.1) is 17.5 Å². The number of hydrogen-bond acceptors (Lipinski definition) is 4. The van der Waals surface area contributed by atoms with Crippen molar-refractivity contribution in [2.24, 2.45) is 0 Å². The van der Waals surface area contributed by atoms with Gasteiger partial charge in [0.2, 0.25) is 10.0 Å². The summed E-state index contributed by atoms with van der Waals surface area (Å²) < 4.78 is 25.4. The number of rotatable bonds is 5. The Balaban J connectivity index is 2.08. The molecule has 0 aliphatic heterocycles. The average Bonchev–Trinajstić information content (AvgIpc) is 2.73. The van der Waals surface area contributed by atoms with Crippen LogP contribution < -0.4 is 4.72 Å². The quantitative estimate of drug-likeness (QED) is 0.708. The maximum absolute atomic E-state index is 11.4. The molecular formula is C10H13N3O2S2. The van der Waals surface area contributed by atoms with E-state index in [1.807, 2.05) is 18.2 Å². The van der Waals surface area contributed by atoms with Crippen LogP contribution in [-0.4, -0.2) is 30.1 Å². The Bertz CT molecular complexity index is 607. The van der Waals surface area contributed by atoms with Crippen LogP contribution in [0.4, 0.5) is 0 Å². The van der Waals surface area contributed by atoms with Crippen molar-refractivity contribution in [3.63, 3.8) is 0 Å². The summed E-state index contributed by atoms with van der Waals surface area (Å²) in [6, 6.07) is 5.65. The van der Waals surface area contributed by atoms with Crippen LogP contribution in [0, 0.1) is 0 Å². The van der Waals surface area contributed by atoms with Gasteiger partial charge in [0, 0.05) is 17.7 Å². The molecule has 2 N–H and O–H groups in total. The van der Waals surface area contributed by atoms with Gasteiger partial charge in [-0.15, -0.1) is 0 Å². The van der Waals surface area contributed by atoms with Gasteiger partial charge in [0.25, 0.3) is 0 Å². The number of benzene rings is 1. The Morgan fingerprint density at radius 3 is 3.00 bits per heavy atom. The highest BCUT2D eigenvalue weighted by molar-refractivity contribution is 7.90. The molecule has 1 heterocycles. The molecule has 0 radical (unpaired) electrons. The number of aromatic nitrogens is 2. The van der Waals surface area contributed by atoms with Gasteiger partial charge in [0.1, 0.15) is 0 Å². The van der Waals surface area contributed by atoms with Crippen LogP contribution >= 0.6 is 12.6 Å². The summed E-state index contributed by atoms with van der Waals surface area (Å²) in [4.78, 5) is 0. The number of fused-ring (bicyclic) bond motifs is 1. The molecule has 0 aliphatic rings. The molecule has 0 bridgehead atoms. The lowest BCUT2D eigenvalue weighted by Crippen LogP contribution is -2.26. The van der Waals surface area contributed by atoms with E-state index in [1.165, 1.54) is 0 Å². The number of hydrogen-bond donors (Lipinski definition) is 3. The summed E-state index contributed by atoms with van der Waals surface area (Å²) in [5, 5.41) is 7.72. The molecule has 17 heavy (non-hydrogen) atoms. The molecule has 0 spiro atoms. The summed E-state index contributed by atoms with van der Waals surface area (Å²) in [6.07, 6.45) is 1.71. The molecule has 2 aromatic rings. The molecule has 1 aromatic heterocycles. The van der Waals surface area contributed by atoms with Gasteiger partial charge in [-0.05, 0) is 17.7 Å². The summed E-state index contributed by atoms with van der Waals surface area (Å²) in [5.41, 5.74) is 1.84. The zero-order valence-corrected chi connectivity index (χ0v) is 10.8. The largest absolute Gasteiger partial charge is 0.278 e. The lowest BCUT2D eigenvalue weighted by atomic mass is 10.2. The topological polar surface area (TPSA) is 74.8 Å². The van der Waals surface area contributed by atoms with E-state index in [-0.39, 0.29) is 12.3 Å². The van der Waals surface area contributed by atoms with Gasteiger partial charge in [-0.3, -0.25) is 5.10 Å². The van der Waals surface area contributed by atoms with Gasteiger partial charge >= 0.3 is 0 Å². The van der Waals surface area contributed by atoms with E-state index in [2.05, 4.69) is 27.5 Å². The highest BCUT2D eigenvalue weighted by Gasteiger charge is 2.08. The highest BCUT2D eigenvalue weighted by Crippen LogP contribution is 2.12. The predicted octanol–water partition coefficient (Wildman–Crippen LogP) is 0.912. The summed E-state index contributed by atoms with van der Waals surface area (Å²) in [7, 11) is -3.22. The van der Waals surface area contributed by atoms with E-state index in [1.54, 1.807) is 6.20 Å². The second-order valence-electron chi connectivity index (χ2n) is 3.66. The summed E-state index contributed by atoms with van der Waals surface area (Å²) in [6.45, 7) is 0.289. The van der Waals surface area contributed by atoms with Crippen LogP contribution in [0.5, 0.6) is 0 Å². The second kappa shape index (κ2) is 5.07. The lowest BCUT2D eigenvalue weighted by Gasteiger charge is -2.05. The molecule has 0 atom stereocenters. The lowest BCUT2D eigenvalue weighted by molar-refractivity contribution is 0.583. The third kappa shape index (κ3) is 3.21. The van der Waals surface area contributed by atoms with Crippen LogP contribution in [0.25, 0.3) is 10.9 Å². The molecule has 0 fully saturated rings. The van der Waals surface area contributed by atoms with Gasteiger partial charge in [-0.1, -0.05) is 6.07 Å². The zero-order chi connectivity index (χ0) is 12.3. The van der Waals surface area contributed by atoms with E-state index < -0.39 is 10.0 Å². The first-order valence-corrected chi connectivity index (χ1v) is 7.39. The number of nitrogens with one attached hydrogen (secondary N) is 2. The number of H-pyrrole nitrogens is 1.